The van der Waals surface area contributed by atoms with Crippen LogP contribution in [0.15, 0.2) is 79.0 Å². The molecule has 4 N–H and O–H groups in total. The number of carboxylic acids is 1. The Bertz CT molecular complexity index is 1210. The van der Waals surface area contributed by atoms with Gasteiger partial charge in [0.05, 0.1) is 18.7 Å². The Morgan fingerprint density at radius 2 is 1.62 bits per heavy atom. The molecule has 3 atom stereocenters. The van der Waals surface area contributed by atoms with E-state index in [0.29, 0.717) is 18.5 Å². The smallest absolute Gasteiger partial charge is 0.305 e. The quantitative estimate of drug-likeness (QED) is 0.153. The van der Waals surface area contributed by atoms with E-state index in [-0.39, 0.29) is 30.9 Å². The molecule has 0 fully saturated rings. The maximum atomic E-state index is 13.2. The molecule has 10 heteroatoms. The molecule has 0 saturated heterocycles. The molecular formula is C30H36N4O5S. The van der Waals surface area contributed by atoms with Crippen LogP contribution in [0.1, 0.15) is 43.7 Å². The number of rotatable bonds is 16. The zero-order valence-electron chi connectivity index (χ0n) is 22.5. The highest BCUT2D eigenvalue weighted by Crippen LogP contribution is 2.23. The van der Waals surface area contributed by atoms with E-state index >= 15 is 0 Å². The molecule has 0 saturated carbocycles. The monoisotopic (exact) mass is 564 g/mol. The highest BCUT2D eigenvalue weighted by molar-refractivity contribution is 7.90. The molecule has 0 radical (unpaired) electrons. The van der Waals surface area contributed by atoms with Gasteiger partial charge in [0, 0.05) is 25.6 Å². The third-order valence-electron chi connectivity index (χ3n) is 6.26. The summed E-state index contributed by atoms with van der Waals surface area (Å²) in [4.78, 5) is 41.7. The molecule has 0 aliphatic carbocycles. The summed E-state index contributed by atoms with van der Waals surface area (Å²) in [6, 6.07) is 21.0. The van der Waals surface area contributed by atoms with Crippen molar-refractivity contribution in [2.24, 2.45) is 0 Å². The summed E-state index contributed by atoms with van der Waals surface area (Å²) >= 11 is -1.16. The molecule has 0 aliphatic rings. The summed E-state index contributed by atoms with van der Waals surface area (Å²) in [6.45, 7) is 0.656. The Morgan fingerprint density at radius 1 is 0.925 bits per heavy atom. The minimum Gasteiger partial charge on any atom is -0.617 e. The van der Waals surface area contributed by atoms with Crippen molar-refractivity contribution in [2.75, 3.05) is 23.9 Å². The number of aromatic nitrogens is 1. The SMILES string of the molecule is C[S+]([O-])CC[C@H](NC(=O)CCCCNc1ccccn1)C(=O)NC(CC(=O)O)c1ccc(-c2ccccc2)cc1. The van der Waals surface area contributed by atoms with Crippen LogP contribution in [0.5, 0.6) is 0 Å². The highest BCUT2D eigenvalue weighted by atomic mass is 32.2. The van der Waals surface area contributed by atoms with Crippen molar-refractivity contribution in [2.45, 2.75) is 44.2 Å². The van der Waals surface area contributed by atoms with Gasteiger partial charge in [0.1, 0.15) is 17.6 Å². The molecule has 3 rings (SSSR count). The predicted octanol–water partition coefficient (Wildman–Crippen LogP) is 3.92. The lowest BCUT2D eigenvalue weighted by Gasteiger charge is -2.23. The van der Waals surface area contributed by atoms with E-state index < -0.39 is 35.1 Å². The second-order valence-corrected chi connectivity index (χ2v) is 11.0. The van der Waals surface area contributed by atoms with E-state index in [1.165, 1.54) is 6.26 Å². The molecule has 9 nitrogen and oxygen atoms in total. The number of hydrogen-bond acceptors (Lipinski definition) is 6. The molecule has 212 valence electrons. The largest absolute Gasteiger partial charge is 0.617 e. The number of amides is 2. The van der Waals surface area contributed by atoms with E-state index in [1.807, 2.05) is 60.7 Å². The van der Waals surface area contributed by atoms with Gasteiger partial charge in [-0.05, 0) is 41.7 Å². The van der Waals surface area contributed by atoms with Crippen LogP contribution in [-0.2, 0) is 25.6 Å². The number of anilines is 1. The van der Waals surface area contributed by atoms with Crippen molar-refractivity contribution < 1.29 is 24.0 Å². The third-order valence-corrected chi connectivity index (χ3v) is 7.07. The maximum absolute atomic E-state index is 13.2. The Morgan fingerprint density at radius 3 is 2.27 bits per heavy atom. The van der Waals surface area contributed by atoms with Crippen molar-refractivity contribution in [1.82, 2.24) is 15.6 Å². The van der Waals surface area contributed by atoms with Crippen LogP contribution < -0.4 is 16.0 Å². The van der Waals surface area contributed by atoms with Crippen LogP contribution in [0.25, 0.3) is 11.1 Å². The summed E-state index contributed by atoms with van der Waals surface area (Å²) in [5, 5.41) is 18.2. The number of carbonyl (C=O) groups excluding carboxylic acids is 2. The van der Waals surface area contributed by atoms with Crippen molar-refractivity contribution in [3.63, 3.8) is 0 Å². The first-order valence-electron chi connectivity index (χ1n) is 13.2. The topological polar surface area (TPSA) is 143 Å². The molecule has 0 spiro atoms. The Labute approximate surface area is 238 Å². The van der Waals surface area contributed by atoms with Crippen LogP contribution in [-0.4, -0.2) is 57.0 Å². The van der Waals surface area contributed by atoms with Crippen molar-refractivity contribution in [1.29, 1.82) is 0 Å². The zero-order chi connectivity index (χ0) is 28.7. The van der Waals surface area contributed by atoms with Gasteiger partial charge in [-0.2, -0.15) is 0 Å². The first-order chi connectivity index (χ1) is 19.3. The maximum Gasteiger partial charge on any atom is 0.305 e. The second kappa shape index (κ2) is 16.3. The van der Waals surface area contributed by atoms with Crippen LogP contribution >= 0.6 is 0 Å². The van der Waals surface area contributed by atoms with Crippen LogP contribution in [0, 0.1) is 0 Å². The molecule has 3 aromatic rings. The van der Waals surface area contributed by atoms with E-state index in [9.17, 15) is 24.0 Å². The molecule has 2 unspecified atom stereocenters. The average Bonchev–Trinajstić information content (AvgIpc) is 2.95. The van der Waals surface area contributed by atoms with E-state index in [0.717, 1.165) is 23.4 Å². The summed E-state index contributed by atoms with van der Waals surface area (Å²) in [5.41, 5.74) is 2.63. The number of nitrogens with one attached hydrogen (secondary N) is 3. The van der Waals surface area contributed by atoms with Gasteiger partial charge in [0.25, 0.3) is 0 Å². The molecule has 1 aromatic heterocycles. The van der Waals surface area contributed by atoms with Gasteiger partial charge >= 0.3 is 5.97 Å². The minimum atomic E-state index is -1.16. The summed E-state index contributed by atoms with van der Waals surface area (Å²) in [7, 11) is 0. The van der Waals surface area contributed by atoms with Gasteiger partial charge in [-0.25, -0.2) is 4.98 Å². The number of benzene rings is 2. The normalized spacial score (nSPS) is 13.1. The summed E-state index contributed by atoms with van der Waals surface area (Å²) in [5.74, 6) is -0.869. The number of hydrogen-bond donors (Lipinski definition) is 4. The molecule has 2 aromatic carbocycles. The standard InChI is InChI=1S/C30H36N4O5S/c1-40(39)20-17-25(33-28(35)12-6-8-19-32-27-11-5-7-18-31-27)30(38)34-26(21-29(36)37)24-15-13-23(14-16-24)22-9-3-2-4-10-22/h2-5,7,9-11,13-16,18,25-26H,6,8,12,17,19-21H2,1H3,(H,31,32)(H,33,35)(H,34,38)(H,36,37)/t25-,26?,40?/m0/s1. The number of nitrogens with zero attached hydrogens (tertiary/aromatic N) is 1. The number of carbonyl (C=O) groups is 3. The lowest BCUT2D eigenvalue weighted by molar-refractivity contribution is -0.138. The lowest BCUT2D eigenvalue weighted by atomic mass is 9.98. The molecule has 1 heterocycles. The highest BCUT2D eigenvalue weighted by Gasteiger charge is 2.26. The van der Waals surface area contributed by atoms with Gasteiger partial charge in [-0.3, -0.25) is 14.4 Å². The Hall–Kier alpha value is -3.89. The van der Waals surface area contributed by atoms with E-state index in [1.54, 1.807) is 18.3 Å². The molecule has 0 bridgehead atoms. The van der Waals surface area contributed by atoms with Crippen molar-refractivity contribution >= 4 is 34.8 Å². The fraction of sp³-hybridized carbons (Fsp3) is 0.333. The van der Waals surface area contributed by atoms with Gasteiger partial charge in [0.2, 0.25) is 11.8 Å². The Kier molecular flexibility index (Phi) is 12.5. The first-order valence-corrected chi connectivity index (χ1v) is 15.0. The van der Waals surface area contributed by atoms with E-state index in [2.05, 4.69) is 20.9 Å². The van der Waals surface area contributed by atoms with Crippen molar-refractivity contribution in [3.8, 4) is 11.1 Å². The van der Waals surface area contributed by atoms with Crippen molar-refractivity contribution in [3.05, 3.63) is 84.6 Å². The minimum absolute atomic E-state index is 0.175. The van der Waals surface area contributed by atoms with Gasteiger partial charge in [-0.15, -0.1) is 0 Å². The zero-order valence-corrected chi connectivity index (χ0v) is 23.4. The van der Waals surface area contributed by atoms with Gasteiger partial charge < -0.3 is 25.6 Å². The van der Waals surface area contributed by atoms with E-state index in [4.69, 9.17) is 0 Å². The average molecular weight is 565 g/mol. The fourth-order valence-corrected chi connectivity index (χ4v) is 4.72. The summed E-state index contributed by atoms with van der Waals surface area (Å²) < 4.78 is 11.7. The van der Waals surface area contributed by atoms with Crippen LogP contribution in [0.3, 0.4) is 0 Å². The molecule has 40 heavy (non-hydrogen) atoms. The lowest BCUT2D eigenvalue weighted by Crippen LogP contribution is -2.48. The fourth-order valence-electron chi connectivity index (χ4n) is 4.15. The third kappa shape index (κ3) is 10.7. The number of unbranched alkanes of at least 4 members (excludes halogenated alkanes) is 1. The predicted molar refractivity (Wildman–Crippen MR) is 157 cm³/mol. The number of aliphatic carboxylic acids is 1. The first kappa shape index (κ1) is 30.6. The van der Waals surface area contributed by atoms with Gasteiger partial charge in [-0.1, -0.05) is 71.8 Å². The number of pyridine rings is 1. The second-order valence-electron chi connectivity index (χ2n) is 9.43. The summed E-state index contributed by atoms with van der Waals surface area (Å²) in [6.07, 6.45) is 4.66. The Balaban J connectivity index is 1.59. The molecule has 2 amide bonds. The van der Waals surface area contributed by atoms with Crippen LogP contribution in [0.4, 0.5) is 5.82 Å². The molecule has 0 aliphatic heterocycles. The van der Waals surface area contributed by atoms with Crippen LogP contribution in [0.2, 0.25) is 0 Å². The number of carboxylic acid groups (broad SMARTS) is 1. The van der Waals surface area contributed by atoms with Gasteiger partial charge in [0.15, 0.2) is 0 Å². The molecular weight excluding hydrogens is 528 g/mol.